The summed E-state index contributed by atoms with van der Waals surface area (Å²) >= 11 is 1.39. The van der Waals surface area contributed by atoms with Gasteiger partial charge in [0, 0.05) is 4.88 Å². The van der Waals surface area contributed by atoms with Gasteiger partial charge in [0.2, 0.25) is 0 Å². The Kier molecular flexibility index (Phi) is 8.29. The number of hydrogen-bond acceptors (Lipinski definition) is 4. The zero-order valence-corrected chi connectivity index (χ0v) is 19.0. The van der Waals surface area contributed by atoms with E-state index in [1.54, 1.807) is 6.07 Å². The fourth-order valence-electron chi connectivity index (χ4n) is 3.20. The first-order valence-corrected chi connectivity index (χ1v) is 11.2. The average Bonchev–Trinajstić information content (AvgIpc) is 3.16. The summed E-state index contributed by atoms with van der Waals surface area (Å²) in [6.07, 6.45) is 3.28. The Bertz CT molecular complexity index is 803. The van der Waals surface area contributed by atoms with Gasteiger partial charge in [-0.3, -0.25) is 0 Å². The Balaban J connectivity index is 2.02. The summed E-state index contributed by atoms with van der Waals surface area (Å²) in [5, 5.41) is 19.4. The maximum Gasteiger partial charge on any atom is 0.345 e. The van der Waals surface area contributed by atoms with Crippen LogP contribution in [0.4, 0.5) is 0 Å². The van der Waals surface area contributed by atoms with Crippen LogP contribution in [-0.2, 0) is 12.8 Å². The lowest BCUT2D eigenvalue weighted by molar-refractivity contribution is 0.0215. The minimum Gasteiger partial charge on any atom is -0.491 e. The normalized spacial score (nSPS) is 13.9. The minimum atomic E-state index is -0.851. The highest BCUT2D eigenvalue weighted by Crippen LogP contribution is 2.32. The second-order valence-electron chi connectivity index (χ2n) is 8.64. The highest BCUT2D eigenvalue weighted by Gasteiger charge is 2.23. The summed E-state index contributed by atoms with van der Waals surface area (Å²) in [7, 11) is 0. The number of aryl methyl sites for hydroxylation is 2. The zero-order valence-electron chi connectivity index (χ0n) is 18.2. The summed E-state index contributed by atoms with van der Waals surface area (Å²) < 4.78 is 5.91. The summed E-state index contributed by atoms with van der Waals surface area (Å²) in [6, 6.07) is 9.97. The van der Waals surface area contributed by atoms with Crippen molar-refractivity contribution in [2.24, 2.45) is 5.41 Å². The molecule has 0 aliphatic heterocycles. The number of carbonyl (C=O) groups is 1. The molecule has 2 N–H and O–H groups in total. The largest absolute Gasteiger partial charge is 0.491 e. The van der Waals surface area contributed by atoms with E-state index < -0.39 is 12.1 Å². The maximum atomic E-state index is 11.1. The number of ether oxygens (including phenoxy) is 1. The van der Waals surface area contributed by atoms with Crippen LogP contribution in [0.15, 0.2) is 30.3 Å². The molecule has 0 spiro atoms. The van der Waals surface area contributed by atoms with Crippen molar-refractivity contribution in [2.45, 2.75) is 72.3 Å². The molecule has 4 nitrogen and oxygen atoms in total. The maximum absolute atomic E-state index is 11.1. The van der Waals surface area contributed by atoms with Crippen molar-refractivity contribution < 1.29 is 19.7 Å². The van der Waals surface area contributed by atoms with Gasteiger partial charge < -0.3 is 14.9 Å². The molecule has 1 heterocycles. The lowest BCUT2D eigenvalue weighted by Crippen LogP contribution is -2.32. The number of rotatable bonds is 10. The number of carboxylic acids is 1. The lowest BCUT2D eigenvalue weighted by Gasteiger charge is -2.26. The summed E-state index contributed by atoms with van der Waals surface area (Å²) in [5.41, 5.74) is 2.21. The van der Waals surface area contributed by atoms with E-state index in [-0.39, 0.29) is 12.0 Å². The Morgan fingerprint density at radius 2 is 1.90 bits per heavy atom. The standard InChI is InChI=1S/C24H34O4S/c1-6-17(20-12-13-21(29-20)23(26)27)10-8-16-9-11-19(18(7-2)14-16)28-15-22(25)24(3,4)5/h9,11-14,17,22,25H,6-8,10,15H2,1-5H3,(H,26,27). The van der Waals surface area contributed by atoms with E-state index in [4.69, 9.17) is 9.84 Å². The van der Waals surface area contributed by atoms with E-state index in [0.29, 0.717) is 10.8 Å². The number of thiophene rings is 1. The van der Waals surface area contributed by atoms with Crippen molar-refractivity contribution in [2.75, 3.05) is 6.61 Å². The average molecular weight is 419 g/mol. The zero-order chi connectivity index (χ0) is 21.6. The van der Waals surface area contributed by atoms with Crippen LogP contribution in [0.3, 0.4) is 0 Å². The van der Waals surface area contributed by atoms with Crippen LogP contribution in [0.25, 0.3) is 0 Å². The van der Waals surface area contributed by atoms with Crippen molar-refractivity contribution in [3.05, 3.63) is 51.2 Å². The Morgan fingerprint density at radius 1 is 1.17 bits per heavy atom. The molecule has 0 saturated heterocycles. The highest BCUT2D eigenvalue weighted by atomic mass is 32.1. The Morgan fingerprint density at radius 3 is 2.45 bits per heavy atom. The third kappa shape index (κ3) is 6.58. The molecule has 0 fully saturated rings. The number of aromatic carboxylic acids is 1. The molecule has 2 rings (SSSR count). The van der Waals surface area contributed by atoms with Crippen molar-refractivity contribution in [3.63, 3.8) is 0 Å². The molecule has 0 aliphatic rings. The second-order valence-corrected chi connectivity index (χ2v) is 9.75. The summed E-state index contributed by atoms with van der Waals surface area (Å²) in [5.74, 6) is 0.364. The number of hydrogen-bond donors (Lipinski definition) is 2. The third-order valence-electron chi connectivity index (χ3n) is 5.42. The molecule has 160 valence electrons. The molecule has 2 aromatic rings. The third-order valence-corrected chi connectivity index (χ3v) is 6.65. The fourth-order valence-corrected chi connectivity index (χ4v) is 4.26. The second kappa shape index (κ2) is 10.3. The van der Waals surface area contributed by atoms with Crippen LogP contribution in [0.2, 0.25) is 0 Å². The summed E-state index contributed by atoms with van der Waals surface area (Å²) in [6.45, 7) is 10.6. The predicted molar refractivity (Wildman–Crippen MR) is 119 cm³/mol. The molecule has 0 amide bonds. The quantitative estimate of drug-likeness (QED) is 0.502. The van der Waals surface area contributed by atoms with E-state index in [1.807, 2.05) is 32.9 Å². The van der Waals surface area contributed by atoms with E-state index in [9.17, 15) is 9.90 Å². The van der Waals surface area contributed by atoms with Gasteiger partial charge >= 0.3 is 5.97 Å². The van der Waals surface area contributed by atoms with Crippen LogP contribution < -0.4 is 4.74 Å². The van der Waals surface area contributed by atoms with Gasteiger partial charge in [-0.15, -0.1) is 11.3 Å². The Hall–Kier alpha value is -1.85. The number of aliphatic hydroxyl groups is 1. The van der Waals surface area contributed by atoms with Gasteiger partial charge in [0.15, 0.2) is 0 Å². The van der Waals surface area contributed by atoms with Gasteiger partial charge in [0.1, 0.15) is 17.2 Å². The van der Waals surface area contributed by atoms with Gasteiger partial charge in [-0.05, 0) is 66.3 Å². The van der Waals surface area contributed by atoms with Crippen molar-refractivity contribution in [3.8, 4) is 5.75 Å². The van der Waals surface area contributed by atoms with Crippen LogP contribution in [0, 0.1) is 5.41 Å². The molecule has 1 aromatic heterocycles. The molecule has 1 aromatic carbocycles. The fraction of sp³-hybridized carbons (Fsp3) is 0.542. The predicted octanol–water partition coefficient (Wildman–Crippen LogP) is 5.92. The number of carboxylic acid groups (broad SMARTS) is 1. The SMILES string of the molecule is CCc1cc(CCC(CC)c2ccc(C(=O)O)s2)ccc1OCC(O)C(C)(C)C. The van der Waals surface area contributed by atoms with E-state index >= 15 is 0 Å². The first kappa shape index (κ1) is 23.4. The highest BCUT2D eigenvalue weighted by molar-refractivity contribution is 7.14. The molecular formula is C24H34O4S. The monoisotopic (exact) mass is 418 g/mol. The molecule has 2 atom stereocenters. The molecular weight excluding hydrogens is 384 g/mol. The molecule has 5 heteroatoms. The number of aliphatic hydroxyl groups excluding tert-OH is 1. The van der Waals surface area contributed by atoms with Crippen LogP contribution >= 0.6 is 11.3 Å². The van der Waals surface area contributed by atoms with Gasteiger partial charge in [-0.25, -0.2) is 4.79 Å². The molecule has 2 unspecified atom stereocenters. The minimum absolute atomic E-state index is 0.205. The van der Waals surface area contributed by atoms with Gasteiger partial charge in [0.25, 0.3) is 0 Å². The van der Waals surface area contributed by atoms with E-state index in [1.165, 1.54) is 16.9 Å². The molecule has 29 heavy (non-hydrogen) atoms. The molecule has 0 radical (unpaired) electrons. The Labute approximate surface area is 178 Å². The van der Waals surface area contributed by atoms with Crippen molar-refractivity contribution in [1.82, 2.24) is 0 Å². The molecule has 0 saturated carbocycles. The number of benzene rings is 1. The van der Waals surface area contributed by atoms with Crippen LogP contribution in [-0.4, -0.2) is 28.9 Å². The van der Waals surface area contributed by atoms with Gasteiger partial charge in [-0.2, -0.15) is 0 Å². The first-order chi connectivity index (χ1) is 13.7. The van der Waals surface area contributed by atoms with Crippen LogP contribution in [0.5, 0.6) is 5.75 Å². The van der Waals surface area contributed by atoms with Crippen molar-refractivity contribution in [1.29, 1.82) is 0 Å². The van der Waals surface area contributed by atoms with Crippen molar-refractivity contribution >= 4 is 17.3 Å². The lowest BCUT2D eigenvalue weighted by atomic mass is 9.90. The molecule has 0 bridgehead atoms. The van der Waals surface area contributed by atoms with Gasteiger partial charge in [-0.1, -0.05) is 46.8 Å². The van der Waals surface area contributed by atoms with Crippen LogP contribution in [0.1, 0.15) is 79.1 Å². The van der Waals surface area contributed by atoms with E-state index in [0.717, 1.165) is 41.9 Å². The first-order valence-electron chi connectivity index (χ1n) is 10.4. The summed E-state index contributed by atoms with van der Waals surface area (Å²) in [4.78, 5) is 12.7. The smallest absolute Gasteiger partial charge is 0.345 e. The van der Waals surface area contributed by atoms with Gasteiger partial charge in [0.05, 0.1) is 6.10 Å². The molecule has 0 aliphatic carbocycles. The topological polar surface area (TPSA) is 66.8 Å². The van der Waals surface area contributed by atoms with E-state index in [2.05, 4.69) is 26.0 Å².